The summed E-state index contributed by atoms with van der Waals surface area (Å²) in [5.74, 6) is -1.84. The van der Waals surface area contributed by atoms with E-state index in [1.807, 2.05) is 42.5 Å². The lowest BCUT2D eigenvalue weighted by Gasteiger charge is -2.51. The molecule has 1 atom stereocenters. The number of rotatable bonds is 4. The highest BCUT2D eigenvalue weighted by atomic mass is 32.2. The third-order valence-corrected chi connectivity index (χ3v) is 5.44. The van der Waals surface area contributed by atoms with Crippen LogP contribution in [0.25, 0.3) is 0 Å². The SMILES string of the molecule is COC(=O)C1(C(=O)OC)CC(Sc2ccccc2)C1(C#N)C#N. The van der Waals surface area contributed by atoms with Gasteiger partial charge >= 0.3 is 11.9 Å². The Kier molecular flexibility index (Phi) is 4.63. The molecule has 0 radical (unpaired) electrons. The molecule has 1 aliphatic rings. The van der Waals surface area contributed by atoms with Crippen molar-refractivity contribution in [1.29, 1.82) is 10.5 Å². The molecule has 1 saturated carbocycles. The van der Waals surface area contributed by atoms with Gasteiger partial charge in [0, 0.05) is 10.1 Å². The number of hydrogen-bond acceptors (Lipinski definition) is 7. The molecule has 1 aliphatic carbocycles. The fourth-order valence-corrected chi connectivity index (χ4v) is 4.27. The molecule has 0 heterocycles. The summed E-state index contributed by atoms with van der Waals surface area (Å²) in [6.45, 7) is 0. The van der Waals surface area contributed by atoms with Crippen LogP contribution in [0.3, 0.4) is 0 Å². The predicted octanol–water partition coefficient (Wildman–Crippen LogP) is 1.92. The first-order valence-electron chi connectivity index (χ1n) is 6.73. The summed E-state index contributed by atoms with van der Waals surface area (Å²) in [7, 11) is 2.23. The van der Waals surface area contributed by atoms with E-state index in [0.29, 0.717) is 0 Å². The van der Waals surface area contributed by atoms with Gasteiger partial charge in [0.25, 0.3) is 0 Å². The van der Waals surface area contributed by atoms with E-state index in [9.17, 15) is 20.1 Å². The van der Waals surface area contributed by atoms with Gasteiger partial charge in [-0.1, -0.05) is 18.2 Å². The minimum Gasteiger partial charge on any atom is -0.468 e. The molecule has 0 bridgehead atoms. The number of ether oxygens (including phenoxy) is 2. The number of esters is 2. The zero-order chi connectivity index (χ0) is 17.1. The van der Waals surface area contributed by atoms with Crippen LogP contribution in [0.5, 0.6) is 0 Å². The molecule has 1 aromatic rings. The lowest BCUT2D eigenvalue weighted by atomic mass is 9.49. The summed E-state index contributed by atoms with van der Waals surface area (Å²) in [6, 6.07) is 12.9. The summed E-state index contributed by atoms with van der Waals surface area (Å²) in [5.41, 5.74) is -3.75. The first-order chi connectivity index (χ1) is 11.0. The van der Waals surface area contributed by atoms with Gasteiger partial charge in [0.05, 0.1) is 26.4 Å². The van der Waals surface area contributed by atoms with E-state index in [4.69, 9.17) is 0 Å². The van der Waals surface area contributed by atoms with Crippen LogP contribution < -0.4 is 0 Å². The van der Waals surface area contributed by atoms with Crippen LogP contribution in [0.1, 0.15) is 6.42 Å². The van der Waals surface area contributed by atoms with Gasteiger partial charge in [-0.2, -0.15) is 10.5 Å². The standard InChI is InChI=1S/C16H14N2O4S/c1-21-13(19)16(14(20)22-2)8-12(15(16,9-17)10-18)23-11-6-4-3-5-7-11/h3-7,12H,8H2,1-2H3. The number of nitriles is 2. The number of nitrogens with zero attached hydrogens (tertiary/aromatic N) is 2. The molecule has 0 N–H and O–H groups in total. The molecule has 0 aromatic heterocycles. The zero-order valence-electron chi connectivity index (χ0n) is 12.6. The minimum atomic E-state index is -1.91. The van der Waals surface area contributed by atoms with Crippen molar-refractivity contribution in [3.8, 4) is 12.1 Å². The van der Waals surface area contributed by atoms with Crippen LogP contribution in [0, 0.1) is 33.5 Å². The minimum absolute atomic E-state index is 0.00697. The van der Waals surface area contributed by atoms with Gasteiger partial charge in [-0.25, -0.2) is 0 Å². The molecule has 0 aliphatic heterocycles. The van der Waals surface area contributed by atoms with E-state index >= 15 is 0 Å². The fourth-order valence-electron chi connectivity index (χ4n) is 2.81. The van der Waals surface area contributed by atoms with Crippen LogP contribution in [0.2, 0.25) is 0 Å². The monoisotopic (exact) mass is 330 g/mol. The van der Waals surface area contributed by atoms with Crippen LogP contribution in [0.15, 0.2) is 35.2 Å². The van der Waals surface area contributed by atoms with Crippen molar-refractivity contribution in [1.82, 2.24) is 0 Å². The van der Waals surface area contributed by atoms with Gasteiger partial charge in [-0.15, -0.1) is 11.8 Å². The maximum absolute atomic E-state index is 12.2. The Morgan fingerprint density at radius 3 is 2.09 bits per heavy atom. The van der Waals surface area contributed by atoms with Gasteiger partial charge in [-0.3, -0.25) is 9.59 Å². The third kappa shape index (κ3) is 2.25. The molecule has 0 spiro atoms. The average molecular weight is 330 g/mol. The molecule has 0 saturated heterocycles. The number of carbonyl (C=O) groups excluding carboxylic acids is 2. The highest BCUT2D eigenvalue weighted by Gasteiger charge is 2.77. The number of methoxy groups -OCH3 is 2. The summed E-state index contributed by atoms with van der Waals surface area (Å²) in [6.07, 6.45) is 0.00697. The molecule has 1 fully saturated rings. The van der Waals surface area contributed by atoms with Gasteiger partial charge in [0.1, 0.15) is 0 Å². The van der Waals surface area contributed by atoms with Crippen LogP contribution in [-0.4, -0.2) is 31.4 Å². The van der Waals surface area contributed by atoms with E-state index in [2.05, 4.69) is 9.47 Å². The lowest BCUT2D eigenvalue weighted by molar-refractivity contribution is -0.184. The molecule has 7 heteroatoms. The quantitative estimate of drug-likeness (QED) is 0.614. The fraction of sp³-hybridized carbons (Fsp3) is 0.375. The maximum Gasteiger partial charge on any atom is 0.326 e. The third-order valence-electron chi connectivity index (χ3n) is 4.09. The van der Waals surface area contributed by atoms with Crippen LogP contribution in [0.4, 0.5) is 0 Å². The Morgan fingerprint density at radius 2 is 1.65 bits per heavy atom. The van der Waals surface area contributed by atoms with E-state index in [0.717, 1.165) is 19.1 Å². The first kappa shape index (κ1) is 16.9. The Bertz CT molecular complexity index is 675. The number of benzene rings is 1. The largest absolute Gasteiger partial charge is 0.468 e. The molecule has 118 valence electrons. The molecule has 1 unspecified atom stereocenters. The van der Waals surface area contributed by atoms with Crippen LogP contribution in [-0.2, 0) is 19.1 Å². The Morgan fingerprint density at radius 1 is 1.13 bits per heavy atom. The molecule has 6 nitrogen and oxygen atoms in total. The Balaban J connectivity index is 2.45. The van der Waals surface area contributed by atoms with Crippen molar-refractivity contribution in [3.63, 3.8) is 0 Å². The topological polar surface area (TPSA) is 100 Å². The predicted molar refractivity (Wildman–Crippen MR) is 80.8 cm³/mol. The van der Waals surface area contributed by atoms with E-state index in [1.165, 1.54) is 11.8 Å². The summed E-state index contributed by atoms with van der Waals surface area (Å²) >= 11 is 1.28. The van der Waals surface area contributed by atoms with Crippen molar-refractivity contribution in [3.05, 3.63) is 30.3 Å². The van der Waals surface area contributed by atoms with Gasteiger partial charge in [0.2, 0.25) is 0 Å². The van der Waals surface area contributed by atoms with Crippen LogP contribution >= 0.6 is 11.8 Å². The Labute approximate surface area is 138 Å². The second-order valence-electron chi connectivity index (χ2n) is 5.04. The van der Waals surface area contributed by atoms with Gasteiger partial charge in [-0.05, 0) is 18.6 Å². The summed E-state index contributed by atoms with van der Waals surface area (Å²) in [5, 5.41) is 18.7. The van der Waals surface area contributed by atoms with Crippen molar-refractivity contribution in [2.45, 2.75) is 16.6 Å². The normalized spacial score (nSPS) is 20.3. The second-order valence-corrected chi connectivity index (χ2v) is 6.32. The van der Waals surface area contributed by atoms with Crippen molar-refractivity contribution in [2.75, 3.05) is 14.2 Å². The van der Waals surface area contributed by atoms with Crippen molar-refractivity contribution < 1.29 is 19.1 Å². The lowest BCUT2D eigenvalue weighted by Crippen LogP contribution is -2.67. The van der Waals surface area contributed by atoms with Gasteiger partial charge < -0.3 is 9.47 Å². The number of carbonyl (C=O) groups is 2. The maximum atomic E-state index is 12.2. The molecular formula is C16H14N2O4S. The van der Waals surface area contributed by atoms with E-state index < -0.39 is 28.0 Å². The average Bonchev–Trinajstić information content (AvgIpc) is 2.59. The smallest absolute Gasteiger partial charge is 0.326 e. The molecule has 23 heavy (non-hydrogen) atoms. The molecular weight excluding hydrogens is 316 g/mol. The van der Waals surface area contributed by atoms with E-state index in [-0.39, 0.29) is 6.42 Å². The summed E-state index contributed by atoms with van der Waals surface area (Å²) in [4.78, 5) is 25.3. The van der Waals surface area contributed by atoms with Gasteiger partial charge in [0.15, 0.2) is 10.8 Å². The molecule has 2 rings (SSSR count). The second kappa shape index (κ2) is 6.31. The highest BCUT2D eigenvalue weighted by molar-refractivity contribution is 8.00. The zero-order valence-corrected chi connectivity index (χ0v) is 13.4. The highest BCUT2D eigenvalue weighted by Crippen LogP contribution is 2.63. The van der Waals surface area contributed by atoms with Crippen molar-refractivity contribution >= 4 is 23.7 Å². The Hall–Kier alpha value is -2.51. The van der Waals surface area contributed by atoms with E-state index in [1.54, 1.807) is 0 Å². The number of thioether (sulfide) groups is 1. The summed E-state index contributed by atoms with van der Waals surface area (Å²) < 4.78 is 9.37. The molecule has 0 amide bonds. The number of hydrogen-bond donors (Lipinski definition) is 0. The van der Waals surface area contributed by atoms with Crippen molar-refractivity contribution in [2.24, 2.45) is 10.8 Å². The molecule has 1 aromatic carbocycles. The first-order valence-corrected chi connectivity index (χ1v) is 7.61.